The van der Waals surface area contributed by atoms with E-state index in [4.69, 9.17) is 4.52 Å². The minimum atomic E-state index is 0.893. The maximum Gasteiger partial charge on any atom is 0.138 e. The molecule has 0 atom stereocenters. The first-order valence-electron chi connectivity index (χ1n) is 7.29. The summed E-state index contributed by atoms with van der Waals surface area (Å²) in [5.41, 5.74) is 2.25. The SMILES string of the molecule is Cc1noc(C)c1CNCCC1CCC(C)CC1. The lowest BCUT2D eigenvalue weighted by molar-refractivity contribution is 0.275. The molecule has 1 aliphatic carbocycles. The molecule has 0 amide bonds. The van der Waals surface area contributed by atoms with E-state index < -0.39 is 0 Å². The van der Waals surface area contributed by atoms with Crippen LogP contribution in [0.2, 0.25) is 0 Å². The van der Waals surface area contributed by atoms with Gasteiger partial charge in [0, 0.05) is 12.1 Å². The second kappa shape index (κ2) is 6.37. The van der Waals surface area contributed by atoms with Crippen LogP contribution in [0.5, 0.6) is 0 Å². The standard InChI is InChI=1S/C15H26N2O/c1-11-4-6-14(7-5-11)8-9-16-10-15-12(2)17-18-13(15)3/h11,14,16H,4-10H2,1-3H3. The van der Waals surface area contributed by atoms with Crippen molar-refractivity contribution in [2.24, 2.45) is 11.8 Å². The highest BCUT2D eigenvalue weighted by Gasteiger charge is 2.17. The first-order chi connectivity index (χ1) is 8.66. The van der Waals surface area contributed by atoms with Gasteiger partial charge in [-0.2, -0.15) is 0 Å². The van der Waals surface area contributed by atoms with Gasteiger partial charge in [-0.25, -0.2) is 0 Å². The van der Waals surface area contributed by atoms with Gasteiger partial charge in [0.2, 0.25) is 0 Å². The van der Waals surface area contributed by atoms with Crippen LogP contribution in [-0.2, 0) is 6.54 Å². The normalized spacial score (nSPS) is 24.4. The number of hydrogen-bond donors (Lipinski definition) is 1. The van der Waals surface area contributed by atoms with Gasteiger partial charge in [0.05, 0.1) is 5.69 Å². The smallest absolute Gasteiger partial charge is 0.138 e. The van der Waals surface area contributed by atoms with Crippen LogP contribution >= 0.6 is 0 Å². The molecule has 0 spiro atoms. The first-order valence-corrected chi connectivity index (χ1v) is 7.29. The van der Waals surface area contributed by atoms with Crippen LogP contribution in [0.1, 0.15) is 56.0 Å². The zero-order chi connectivity index (χ0) is 13.0. The number of nitrogens with zero attached hydrogens (tertiary/aromatic N) is 1. The van der Waals surface area contributed by atoms with Crippen molar-refractivity contribution in [1.82, 2.24) is 10.5 Å². The highest BCUT2D eigenvalue weighted by molar-refractivity contribution is 5.20. The molecule has 1 aromatic rings. The molecule has 3 nitrogen and oxygen atoms in total. The fourth-order valence-electron chi connectivity index (χ4n) is 2.89. The molecule has 1 saturated carbocycles. The van der Waals surface area contributed by atoms with Gasteiger partial charge in [-0.05, 0) is 38.6 Å². The summed E-state index contributed by atoms with van der Waals surface area (Å²) in [5.74, 6) is 2.85. The summed E-state index contributed by atoms with van der Waals surface area (Å²) in [7, 11) is 0. The summed E-state index contributed by atoms with van der Waals surface area (Å²) >= 11 is 0. The highest BCUT2D eigenvalue weighted by atomic mass is 16.5. The van der Waals surface area contributed by atoms with E-state index in [1.165, 1.54) is 37.7 Å². The minimum absolute atomic E-state index is 0.893. The maximum absolute atomic E-state index is 5.16. The molecule has 18 heavy (non-hydrogen) atoms. The first kappa shape index (κ1) is 13.6. The molecule has 1 aliphatic rings. The van der Waals surface area contributed by atoms with Crippen LogP contribution in [0, 0.1) is 25.7 Å². The highest BCUT2D eigenvalue weighted by Crippen LogP contribution is 2.29. The molecule has 1 heterocycles. The summed E-state index contributed by atoms with van der Waals surface area (Å²) in [6.45, 7) is 8.38. The molecule has 1 N–H and O–H groups in total. The van der Waals surface area contributed by atoms with Crippen LogP contribution in [0.15, 0.2) is 4.52 Å². The number of nitrogens with one attached hydrogen (secondary N) is 1. The Morgan fingerprint density at radius 1 is 1.22 bits per heavy atom. The van der Waals surface area contributed by atoms with Gasteiger partial charge in [-0.15, -0.1) is 0 Å². The molecule has 1 aromatic heterocycles. The molecule has 0 bridgehead atoms. The predicted molar refractivity (Wildman–Crippen MR) is 73.4 cm³/mol. The van der Waals surface area contributed by atoms with Gasteiger partial charge >= 0.3 is 0 Å². The average Bonchev–Trinajstić information content (AvgIpc) is 2.68. The van der Waals surface area contributed by atoms with E-state index in [-0.39, 0.29) is 0 Å². The van der Waals surface area contributed by atoms with E-state index >= 15 is 0 Å². The number of aromatic nitrogens is 1. The van der Waals surface area contributed by atoms with Crippen LogP contribution in [-0.4, -0.2) is 11.7 Å². The molecule has 0 unspecified atom stereocenters. The van der Waals surface area contributed by atoms with Crippen molar-refractivity contribution < 1.29 is 4.52 Å². The molecule has 0 aromatic carbocycles. The predicted octanol–water partition coefficient (Wildman–Crippen LogP) is 3.60. The number of rotatable bonds is 5. The molecule has 3 heteroatoms. The Hall–Kier alpha value is -0.830. The van der Waals surface area contributed by atoms with Crippen LogP contribution in [0.3, 0.4) is 0 Å². The van der Waals surface area contributed by atoms with Crippen LogP contribution in [0.25, 0.3) is 0 Å². The van der Waals surface area contributed by atoms with Crippen molar-refractivity contribution >= 4 is 0 Å². The van der Waals surface area contributed by atoms with Gasteiger partial charge in [0.15, 0.2) is 0 Å². The average molecular weight is 250 g/mol. The monoisotopic (exact) mass is 250 g/mol. The van der Waals surface area contributed by atoms with E-state index in [9.17, 15) is 0 Å². The van der Waals surface area contributed by atoms with Gasteiger partial charge in [0.25, 0.3) is 0 Å². The van der Waals surface area contributed by atoms with E-state index in [2.05, 4.69) is 17.4 Å². The fraction of sp³-hybridized carbons (Fsp3) is 0.800. The largest absolute Gasteiger partial charge is 0.361 e. The maximum atomic E-state index is 5.16. The van der Waals surface area contributed by atoms with Gasteiger partial charge in [0.1, 0.15) is 5.76 Å². The second-order valence-corrected chi connectivity index (χ2v) is 5.89. The van der Waals surface area contributed by atoms with Crippen molar-refractivity contribution in [3.05, 3.63) is 17.0 Å². The molecular weight excluding hydrogens is 224 g/mol. The molecule has 0 radical (unpaired) electrons. The third-order valence-electron chi connectivity index (χ3n) is 4.35. The van der Waals surface area contributed by atoms with Gasteiger partial charge in [-0.3, -0.25) is 0 Å². The molecule has 0 aliphatic heterocycles. The lowest BCUT2D eigenvalue weighted by Gasteiger charge is -2.26. The van der Waals surface area contributed by atoms with E-state index in [0.29, 0.717) is 0 Å². The Balaban J connectivity index is 1.64. The van der Waals surface area contributed by atoms with Gasteiger partial charge in [-0.1, -0.05) is 37.8 Å². The van der Waals surface area contributed by atoms with Crippen molar-refractivity contribution in [3.8, 4) is 0 Å². The molecule has 1 fully saturated rings. The third-order valence-corrected chi connectivity index (χ3v) is 4.35. The molecular formula is C15H26N2O. The number of hydrogen-bond acceptors (Lipinski definition) is 3. The number of aryl methyl sites for hydroxylation is 2. The van der Waals surface area contributed by atoms with Crippen molar-refractivity contribution in [1.29, 1.82) is 0 Å². The summed E-state index contributed by atoms with van der Waals surface area (Å²) < 4.78 is 5.16. The van der Waals surface area contributed by atoms with E-state index in [1.807, 2.05) is 13.8 Å². The Morgan fingerprint density at radius 3 is 2.56 bits per heavy atom. The Kier molecular flexibility index (Phi) is 4.81. The van der Waals surface area contributed by atoms with Crippen molar-refractivity contribution in [2.45, 2.75) is 59.4 Å². The van der Waals surface area contributed by atoms with E-state index in [1.54, 1.807) is 0 Å². The lowest BCUT2D eigenvalue weighted by Crippen LogP contribution is -2.21. The summed E-state index contributed by atoms with van der Waals surface area (Å²) in [5, 5.41) is 7.51. The molecule has 102 valence electrons. The van der Waals surface area contributed by atoms with Crippen LogP contribution in [0.4, 0.5) is 0 Å². The topological polar surface area (TPSA) is 38.1 Å². The van der Waals surface area contributed by atoms with Crippen molar-refractivity contribution in [3.63, 3.8) is 0 Å². The Morgan fingerprint density at radius 2 is 1.94 bits per heavy atom. The van der Waals surface area contributed by atoms with Gasteiger partial charge < -0.3 is 9.84 Å². The minimum Gasteiger partial charge on any atom is -0.361 e. The van der Waals surface area contributed by atoms with E-state index in [0.717, 1.165) is 36.4 Å². The summed E-state index contributed by atoms with van der Waals surface area (Å²) in [6.07, 6.45) is 7.02. The Bertz CT molecular complexity index is 345. The van der Waals surface area contributed by atoms with Crippen molar-refractivity contribution in [2.75, 3.05) is 6.54 Å². The lowest BCUT2D eigenvalue weighted by atomic mass is 9.81. The third kappa shape index (κ3) is 3.58. The second-order valence-electron chi connectivity index (χ2n) is 5.89. The molecule has 2 rings (SSSR count). The fourth-order valence-corrected chi connectivity index (χ4v) is 2.89. The van der Waals surface area contributed by atoms with Crippen LogP contribution < -0.4 is 5.32 Å². The quantitative estimate of drug-likeness (QED) is 0.811. The zero-order valence-electron chi connectivity index (χ0n) is 12.0. The Labute approximate surface area is 110 Å². The zero-order valence-corrected chi connectivity index (χ0v) is 12.0. The summed E-state index contributed by atoms with van der Waals surface area (Å²) in [6, 6.07) is 0. The molecule has 0 saturated heterocycles. The summed E-state index contributed by atoms with van der Waals surface area (Å²) in [4.78, 5) is 0.